The fourth-order valence-electron chi connectivity index (χ4n) is 2.40. The molecule has 0 heterocycles. The molecule has 21 heavy (non-hydrogen) atoms. The zero-order valence-electron chi connectivity index (χ0n) is 12.6. The summed E-state index contributed by atoms with van der Waals surface area (Å²) in [7, 11) is 0. The Morgan fingerprint density at radius 2 is 1.76 bits per heavy atom. The van der Waals surface area contributed by atoms with E-state index in [2.05, 4.69) is 12.2 Å². The third kappa shape index (κ3) is 4.30. The Labute approximate surface area is 126 Å². The maximum atomic E-state index is 13.8. The molecule has 1 N–H and O–H groups in total. The highest BCUT2D eigenvalue weighted by molar-refractivity contribution is 5.31. The molecule has 0 fully saturated rings. The summed E-state index contributed by atoms with van der Waals surface area (Å²) in [6.07, 6.45) is 0.633. The summed E-state index contributed by atoms with van der Waals surface area (Å²) in [6, 6.07) is 15.1. The van der Waals surface area contributed by atoms with Gasteiger partial charge in [0.1, 0.15) is 11.6 Å². The first-order valence-electron chi connectivity index (χ1n) is 7.44. The number of benzene rings is 2. The second-order valence-corrected chi connectivity index (χ2v) is 4.91. The minimum atomic E-state index is -0.147. The van der Waals surface area contributed by atoms with Gasteiger partial charge in [0, 0.05) is 6.04 Å². The number of rotatable bonds is 7. The van der Waals surface area contributed by atoms with Crippen molar-refractivity contribution in [1.29, 1.82) is 0 Å². The lowest BCUT2D eigenvalue weighted by Gasteiger charge is -2.19. The lowest BCUT2D eigenvalue weighted by Crippen LogP contribution is -2.23. The van der Waals surface area contributed by atoms with Crippen molar-refractivity contribution in [2.45, 2.75) is 26.3 Å². The highest BCUT2D eigenvalue weighted by atomic mass is 19.1. The third-order valence-corrected chi connectivity index (χ3v) is 3.43. The fraction of sp³-hybridized carbons (Fsp3) is 0.333. The van der Waals surface area contributed by atoms with Gasteiger partial charge in [-0.05, 0) is 49.2 Å². The first-order valence-corrected chi connectivity index (χ1v) is 7.44. The van der Waals surface area contributed by atoms with Crippen molar-refractivity contribution in [1.82, 2.24) is 5.32 Å². The largest absolute Gasteiger partial charge is 0.494 e. The summed E-state index contributed by atoms with van der Waals surface area (Å²) in [4.78, 5) is 0. The van der Waals surface area contributed by atoms with Crippen LogP contribution in [-0.2, 0) is 6.42 Å². The zero-order chi connectivity index (χ0) is 15.1. The Morgan fingerprint density at radius 1 is 1.05 bits per heavy atom. The number of hydrogen-bond acceptors (Lipinski definition) is 2. The van der Waals surface area contributed by atoms with E-state index in [-0.39, 0.29) is 11.9 Å². The summed E-state index contributed by atoms with van der Waals surface area (Å²) >= 11 is 0. The minimum absolute atomic E-state index is 0.0996. The van der Waals surface area contributed by atoms with E-state index in [1.165, 1.54) is 6.07 Å². The molecule has 0 aliphatic carbocycles. The summed E-state index contributed by atoms with van der Waals surface area (Å²) in [5, 5.41) is 3.42. The monoisotopic (exact) mass is 287 g/mol. The Balaban J connectivity index is 2.16. The highest BCUT2D eigenvalue weighted by Crippen LogP contribution is 2.22. The smallest absolute Gasteiger partial charge is 0.126 e. The molecule has 0 amide bonds. The van der Waals surface area contributed by atoms with Crippen LogP contribution >= 0.6 is 0 Å². The van der Waals surface area contributed by atoms with Crippen LogP contribution in [0.3, 0.4) is 0 Å². The molecule has 0 aromatic heterocycles. The average Bonchev–Trinajstić information content (AvgIpc) is 2.50. The van der Waals surface area contributed by atoms with Gasteiger partial charge in [0.25, 0.3) is 0 Å². The molecule has 3 heteroatoms. The molecule has 112 valence electrons. The quantitative estimate of drug-likeness (QED) is 0.827. The van der Waals surface area contributed by atoms with Crippen LogP contribution in [0.25, 0.3) is 0 Å². The van der Waals surface area contributed by atoms with Crippen LogP contribution in [0.4, 0.5) is 4.39 Å². The summed E-state index contributed by atoms with van der Waals surface area (Å²) < 4.78 is 19.3. The van der Waals surface area contributed by atoms with E-state index in [0.29, 0.717) is 13.0 Å². The van der Waals surface area contributed by atoms with Gasteiger partial charge in [0.2, 0.25) is 0 Å². The van der Waals surface area contributed by atoms with E-state index in [0.717, 1.165) is 23.4 Å². The van der Waals surface area contributed by atoms with Gasteiger partial charge in [-0.15, -0.1) is 0 Å². The van der Waals surface area contributed by atoms with Crippen LogP contribution in [0.5, 0.6) is 5.75 Å². The second kappa shape index (κ2) is 7.79. The van der Waals surface area contributed by atoms with Crippen LogP contribution in [-0.4, -0.2) is 13.2 Å². The first kappa shape index (κ1) is 15.5. The van der Waals surface area contributed by atoms with Gasteiger partial charge in [-0.2, -0.15) is 0 Å². The van der Waals surface area contributed by atoms with Crippen LogP contribution in [0.1, 0.15) is 31.0 Å². The van der Waals surface area contributed by atoms with E-state index >= 15 is 0 Å². The highest BCUT2D eigenvalue weighted by Gasteiger charge is 2.13. The average molecular weight is 287 g/mol. The zero-order valence-corrected chi connectivity index (χ0v) is 12.6. The van der Waals surface area contributed by atoms with Crippen molar-refractivity contribution in [3.05, 3.63) is 65.5 Å². The number of likely N-dealkylation sites (N-methyl/N-ethyl adjacent to an activating group) is 1. The molecular weight excluding hydrogens is 265 g/mol. The van der Waals surface area contributed by atoms with Crippen molar-refractivity contribution < 1.29 is 9.13 Å². The molecule has 0 spiro atoms. The van der Waals surface area contributed by atoms with Gasteiger partial charge < -0.3 is 10.1 Å². The van der Waals surface area contributed by atoms with Crippen molar-refractivity contribution in [2.24, 2.45) is 0 Å². The third-order valence-electron chi connectivity index (χ3n) is 3.43. The van der Waals surface area contributed by atoms with Crippen molar-refractivity contribution >= 4 is 0 Å². The Bertz CT molecular complexity index is 553. The van der Waals surface area contributed by atoms with Gasteiger partial charge >= 0.3 is 0 Å². The van der Waals surface area contributed by atoms with E-state index in [1.54, 1.807) is 6.07 Å². The summed E-state index contributed by atoms with van der Waals surface area (Å²) in [5.74, 6) is 0.716. The SMILES string of the molecule is CCNC(Cc1ccccc1F)c1ccc(OCC)cc1. The van der Waals surface area contributed by atoms with Crippen molar-refractivity contribution in [3.8, 4) is 5.75 Å². The molecule has 0 aliphatic rings. The lowest BCUT2D eigenvalue weighted by molar-refractivity contribution is 0.340. The summed E-state index contributed by atoms with van der Waals surface area (Å²) in [5.41, 5.74) is 1.88. The molecule has 2 rings (SSSR count). The molecular formula is C18H22FNO. The molecule has 0 radical (unpaired) electrons. The Hall–Kier alpha value is -1.87. The van der Waals surface area contributed by atoms with Gasteiger partial charge in [0.05, 0.1) is 6.61 Å². The maximum absolute atomic E-state index is 13.8. The van der Waals surface area contributed by atoms with Gasteiger partial charge in [-0.1, -0.05) is 37.3 Å². The van der Waals surface area contributed by atoms with Crippen molar-refractivity contribution in [3.63, 3.8) is 0 Å². The van der Waals surface area contributed by atoms with Gasteiger partial charge in [-0.3, -0.25) is 0 Å². The van der Waals surface area contributed by atoms with Gasteiger partial charge in [-0.25, -0.2) is 4.39 Å². The maximum Gasteiger partial charge on any atom is 0.126 e. The number of ether oxygens (including phenoxy) is 1. The molecule has 0 bridgehead atoms. The van der Waals surface area contributed by atoms with Crippen LogP contribution in [0.2, 0.25) is 0 Å². The fourth-order valence-corrected chi connectivity index (χ4v) is 2.40. The minimum Gasteiger partial charge on any atom is -0.494 e. The molecule has 2 aromatic rings. The molecule has 2 nitrogen and oxygen atoms in total. The van der Waals surface area contributed by atoms with E-state index in [4.69, 9.17) is 4.74 Å². The second-order valence-electron chi connectivity index (χ2n) is 4.91. The topological polar surface area (TPSA) is 21.3 Å². The molecule has 2 aromatic carbocycles. The van der Waals surface area contributed by atoms with Crippen LogP contribution < -0.4 is 10.1 Å². The van der Waals surface area contributed by atoms with Crippen molar-refractivity contribution in [2.75, 3.05) is 13.2 Å². The normalized spacial score (nSPS) is 12.1. The molecule has 1 atom stereocenters. The van der Waals surface area contributed by atoms with Crippen LogP contribution in [0.15, 0.2) is 48.5 Å². The standard InChI is InChI=1S/C18H22FNO/c1-3-20-18(13-15-7-5-6-8-17(15)19)14-9-11-16(12-10-14)21-4-2/h5-12,18,20H,3-4,13H2,1-2H3. The molecule has 0 saturated carbocycles. The van der Waals surface area contributed by atoms with E-state index in [9.17, 15) is 4.39 Å². The molecule has 0 aliphatic heterocycles. The van der Waals surface area contributed by atoms with E-state index < -0.39 is 0 Å². The molecule has 1 unspecified atom stereocenters. The Morgan fingerprint density at radius 3 is 2.38 bits per heavy atom. The Kier molecular flexibility index (Phi) is 5.76. The number of hydrogen-bond donors (Lipinski definition) is 1. The lowest BCUT2D eigenvalue weighted by atomic mass is 9.98. The first-order chi connectivity index (χ1) is 10.2. The molecule has 0 saturated heterocycles. The van der Waals surface area contributed by atoms with Crippen LogP contribution in [0, 0.1) is 5.82 Å². The summed E-state index contributed by atoms with van der Waals surface area (Å²) in [6.45, 7) is 5.52. The number of nitrogens with one attached hydrogen (secondary N) is 1. The number of halogens is 1. The predicted octanol–water partition coefficient (Wildman–Crippen LogP) is 4.12. The predicted molar refractivity (Wildman–Crippen MR) is 84.1 cm³/mol. The van der Waals surface area contributed by atoms with Gasteiger partial charge in [0.15, 0.2) is 0 Å². The van der Waals surface area contributed by atoms with E-state index in [1.807, 2.05) is 43.3 Å².